The molecule has 4 rings (SSSR count). The van der Waals surface area contributed by atoms with Gasteiger partial charge in [0.2, 0.25) is 11.8 Å². The third-order valence-electron chi connectivity index (χ3n) is 7.25. The molecule has 9 heteroatoms. The molecule has 1 fully saturated rings. The number of carbonyl (C=O) groups is 2. The highest BCUT2D eigenvalue weighted by molar-refractivity contribution is 5.95. The number of hydrogen-bond donors (Lipinski definition) is 0. The maximum absolute atomic E-state index is 13.9. The second-order valence-electron chi connectivity index (χ2n) is 10.2. The zero-order chi connectivity index (χ0) is 29.7. The van der Waals surface area contributed by atoms with Crippen molar-refractivity contribution in [3.8, 4) is 5.75 Å². The summed E-state index contributed by atoms with van der Waals surface area (Å²) < 4.78 is 15.9. The molecule has 0 bridgehead atoms. The minimum Gasteiger partial charge on any atom is -0.497 e. The van der Waals surface area contributed by atoms with Gasteiger partial charge in [-0.3, -0.25) is 9.59 Å². The largest absolute Gasteiger partial charge is 0.497 e. The van der Waals surface area contributed by atoms with Gasteiger partial charge in [-0.25, -0.2) is 4.98 Å². The minimum absolute atomic E-state index is 0.153. The average molecular weight is 573 g/mol. The van der Waals surface area contributed by atoms with E-state index in [1.807, 2.05) is 66.7 Å². The Labute approximate surface area is 248 Å². The summed E-state index contributed by atoms with van der Waals surface area (Å²) in [6.45, 7) is 3.96. The van der Waals surface area contributed by atoms with E-state index < -0.39 is 6.04 Å². The van der Waals surface area contributed by atoms with Crippen molar-refractivity contribution in [1.29, 1.82) is 0 Å². The minimum atomic E-state index is -0.735. The molecule has 0 N–H and O–H groups in total. The first-order valence-electron chi connectivity index (χ1n) is 14.2. The van der Waals surface area contributed by atoms with Crippen LogP contribution >= 0.6 is 0 Å². The number of likely N-dealkylation sites (N-methyl/N-ethyl adjacent to an activating group) is 1. The Morgan fingerprint density at radius 3 is 2.38 bits per heavy atom. The van der Waals surface area contributed by atoms with E-state index in [2.05, 4.69) is 9.88 Å². The quantitative estimate of drug-likeness (QED) is 0.289. The van der Waals surface area contributed by atoms with Crippen LogP contribution in [0.25, 0.3) is 6.08 Å². The molecule has 0 radical (unpaired) electrons. The van der Waals surface area contributed by atoms with E-state index in [1.54, 1.807) is 43.3 Å². The molecule has 1 aromatic heterocycles. The van der Waals surface area contributed by atoms with Gasteiger partial charge in [-0.1, -0.05) is 48.5 Å². The Morgan fingerprint density at radius 2 is 1.74 bits per heavy atom. The van der Waals surface area contributed by atoms with Crippen LogP contribution in [0.5, 0.6) is 5.75 Å². The third-order valence-corrected chi connectivity index (χ3v) is 7.25. The molecule has 2 amide bonds. The zero-order valence-electron chi connectivity index (χ0n) is 24.6. The van der Waals surface area contributed by atoms with Crippen molar-refractivity contribution in [2.75, 3.05) is 65.6 Å². The van der Waals surface area contributed by atoms with Crippen molar-refractivity contribution in [3.63, 3.8) is 0 Å². The van der Waals surface area contributed by atoms with E-state index in [0.717, 1.165) is 41.3 Å². The predicted molar refractivity (Wildman–Crippen MR) is 163 cm³/mol. The maximum atomic E-state index is 13.9. The van der Waals surface area contributed by atoms with Crippen molar-refractivity contribution < 1.29 is 23.8 Å². The standard InChI is InChI=1S/C33H40N4O5/c1-35(17-20-40-2)33(39)30(23-27-7-5-4-6-8-27)37(32(38)16-12-26-9-13-29(41-3)14-10-26)25-28-11-15-31(34-24-28)36-18-21-42-22-19-36/h4-16,24,30H,17-23,25H2,1-3H3/t30-/m0/s1. The molecule has 9 nitrogen and oxygen atoms in total. The van der Waals surface area contributed by atoms with E-state index in [-0.39, 0.29) is 18.4 Å². The van der Waals surface area contributed by atoms with Crippen LogP contribution in [0, 0.1) is 0 Å². The number of nitrogens with zero attached hydrogens (tertiary/aromatic N) is 4. The van der Waals surface area contributed by atoms with Gasteiger partial charge in [0.1, 0.15) is 17.6 Å². The summed E-state index contributed by atoms with van der Waals surface area (Å²) in [7, 11) is 4.96. The van der Waals surface area contributed by atoms with E-state index in [1.165, 1.54) is 6.08 Å². The highest BCUT2D eigenvalue weighted by Gasteiger charge is 2.31. The number of ether oxygens (including phenoxy) is 3. The molecule has 42 heavy (non-hydrogen) atoms. The lowest BCUT2D eigenvalue weighted by Gasteiger charge is -2.33. The highest BCUT2D eigenvalue weighted by Crippen LogP contribution is 2.20. The summed E-state index contributed by atoms with van der Waals surface area (Å²) in [6, 6.07) is 20.4. The predicted octanol–water partition coefficient (Wildman–Crippen LogP) is 3.68. The number of morpholine rings is 1. The Hall–Kier alpha value is -4.21. The summed E-state index contributed by atoms with van der Waals surface area (Å²) >= 11 is 0. The molecule has 2 aromatic carbocycles. The van der Waals surface area contributed by atoms with Crippen LogP contribution in [-0.4, -0.2) is 93.4 Å². The normalized spacial score (nSPS) is 14.0. The van der Waals surface area contributed by atoms with Crippen LogP contribution < -0.4 is 9.64 Å². The van der Waals surface area contributed by atoms with Crippen molar-refractivity contribution in [1.82, 2.24) is 14.8 Å². The molecule has 3 aromatic rings. The fraction of sp³-hybridized carbons (Fsp3) is 0.364. The summed E-state index contributed by atoms with van der Waals surface area (Å²) in [4.78, 5) is 37.9. The number of anilines is 1. The number of aromatic nitrogens is 1. The molecule has 0 saturated carbocycles. The Bertz CT molecular complexity index is 1290. The summed E-state index contributed by atoms with van der Waals surface area (Å²) in [5.74, 6) is 1.19. The van der Waals surface area contributed by atoms with Crippen LogP contribution in [0.1, 0.15) is 16.7 Å². The van der Waals surface area contributed by atoms with Gasteiger partial charge in [0, 0.05) is 59.0 Å². The Balaban J connectivity index is 1.64. The summed E-state index contributed by atoms with van der Waals surface area (Å²) in [5.41, 5.74) is 2.65. The van der Waals surface area contributed by atoms with E-state index in [0.29, 0.717) is 32.8 Å². The first-order chi connectivity index (χ1) is 20.5. The highest BCUT2D eigenvalue weighted by atomic mass is 16.5. The molecule has 1 aliphatic heterocycles. The van der Waals surface area contributed by atoms with Gasteiger partial charge in [-0.15, -0.1) is 0 Å². The van der Waals surface area contributed by atoms with Gasteiger partial charge in [0.25, 0.3) is 0 Å². The van der Waals surface area contributed by atoms with Crippen LogP contribution in [0.2, 0.25) is 0 Å². The average Bonchev–Trinajstić information content (AvgIpc) is 3.05. The number of amides is 2. The lowest BCUT2D eigenvalue weighted by atomic mass is 10.0. The molecule has 0 spiro atoms. The number of hydrogen-bond acceptors (Lipinski definition) is 7. The van der Waals surface area contributed by atoms with Crippen molar-refractivity contribution in [2.45, 2.75) is 19.0 Å². The fourth-order valence-electron chi connectivity index (χ4n) is 4.77. The molecular weight excluding hydrogens is 532 g/mol. The molecular formula is C33H40N4O5. The summed E-state index contributed by atoms with van der Waals surface area (Å²) in [5, 5.41) is 0. The molecule has 2 heterocycles. The second kappa shape index (κ2) is 15.7. The molecule has 1 saturated heterocycles. The molecule has 1 atom stereocenters. The first kappa shape index (κ1) is 30.7. The summed E-state index contributed by atoms with van der Waals surface area (Å²) in [6.07, 6.45) is 5.44. The molecule has 1 aliphatic rings. The van der Waals surface area contributed by atoms with Crippen LogP contribution in [0.15, 0.2) is 79.0 Å². The van der Waals surface area contributed by atoms with Crippen LogP contribution in [-0.2, 0) is 32.0 Å². The number of pyridine rings is 1. The van der Waals surface area contributed by atoms with Gasteiger partial charge in [-0.2, -0.15) is 0 Å². The Kier molecular flexibility index (Phi) is 11.5. The number of benzene rings is 2. The van der Waals surface area contributed by atoms with Gasteiger partial charge < -0.3 is 28.9 Å². The van der Waals surface area contributed by atoms with E-state index in [9.17, 15) is 9.59 Å². The monoisotopic (exact) mass is 572 g/mol. The molecule has 0 aliphatic carbocycles. The van der Waals surface area contributed by atoms with Gasteiger partial charge in [0.05, 0.1) is 26.9 Å². The van der Waals surface area contributed by atoms with E-state index >= 15 is 0 Å². The van der Waals surface area contributed by atoms with Crippen molar-refractivity contribution in [2.24, 2.45) is 0 Å². The Morgan fingerprint density at radius 1 is 1.00 bits per heavy atom. The second-order valence-corrected chi connectivity index (χ2v) is 10.2. The smallest absolute Gasteiger partial charge is 0.247 e. The van der Waals surface area contributed by atoms with E-state index in [4.69, 9.17) is 14.2 Å². The van der Waals surface area contributed by atoms with Crippen molar-refractivity contribution in [3.05, 3.63) is 95.7 Å². The fourth-order valence-corrected chi connectivity index (χ4v) is 4.77. The van der Waals surface area contributed by atoms with Crippen LogP contribution in [0.3, 0.4) is 0 Å². The lowest BCUT2D eigenvalue weighted by molar-refractivity contribution is -0.143. The topological polar surface area (TPSA) is 84.4 Å². The molecule has 0 unspecified atom stereocenters. The van der Waals surface area contributed by atoms with Gasteiger partial charge in [0.15, 0.2) is 0 Å². The van der Waals surface area contributed by atoms with Crippen LogP contribution in [0.4, 0.5) is 5.82 Å². The lowest BCUT2D eigenvalue weighted by Crippen LogP contribution is -2.51. The zero-order valence-corrected chi connectivity index (χ0v) is 24.6. The SMILES string of the molecule is COCCN(C)C(=O)[C@H](Cc1ccccc1)N(Cc1ccc(N2CCOCC2)nc1)C(=O)C=Cc1ccc(OC)cc1. The maximum Gasteiger partial charge on any atom is 0.247 e. The first-order valence-corrected chi connectivity index (χ1v) is 14.2. The number of methoxy groups -OCH3 is 2. The van der Waals surface area contributed by atoms with Crippen molar-refractivity contribution >= 4 is 23.7 Å². The number of carbonyl (C=O) groups excluding carboxylic acids is 2. The third kappa shape index (κ3) is 8.64. The number of rotatable bonds is 13. The molecule has 222 valence electrons. The van der Waals surface area contributed by atoms with Gasteiger partial charge in [-0.05, 0) is 41.0 Å². The van der Waals surface area contributed by atoms with Gasteiger partial charge >= 0.3 is 0 Å².